The van der Waals surface area contributed by atoms with Crippen LogP contribution >= 0.6 is 11.6 Å². The molecule has 1 aromatic carbocycles. The zero-order valence-corrected chi connectivity index (χ0v) is 18.9. The molecular weight excluding hydrogens is 456 g/mol. The first kappa shape index (κ1) is 21.6. The van der Waals surface area contributed by atoms with E-state index in [1.54, 1.807) is 24.9 Å². The number of hydrogen-bond donors (Lipinski definition) is 1. The van der Waals surface area contributed by atoms with Gasteiger partial charge in [-0.15, -0.1) is 0 Å². The molecule has 5 rings (SSSR count). The molecule has 0 aliphatic carbocycles. The standard InChI is InChI=1S/C24H19ClN6O3/c1-15-9-20(31-8-7-26-14-31)17-3-2-4-21(23(17)30-15)33-13-18-16(10-27-12-19(18)25)11-28-24(32)22-5-6-29-34-22/h2-10,12,14H,11,13H2,1H3,(H,28,32). The van der Waals surface area contributed by atoms with Crippen LogP contribution in [0.25, 0.3) is 16.6 Å². The number of pyridine rings is 2. The van der Waals surface area contributed by atoms with E-state index in [1.807, 2.05) is 42.0 Å². The van der Waals surface area contributed by atoms with E-state index in [2.05, 4.69) is 20.4 Å². The van der Waals surface area contributed by atoms with Crippen LogP contribution in [0.2, 0.25) is 5.02 Å². The molecule has 0 saturated heterocycles. The number of amides is 1. The molecule has 5 aromatic rings. The van der Waals surface area contributed by atoms with E-state index in [-0.39, 0.29) is 24.8 Å². The lowest BCUT2D eigenvalue weighted by molar-refractivity contribution is 0.0913. The number of hydrogen-bond acceptors (Lipinski definition) is 7. The van der Waals surface area contributed by atoms with E-state index in [0.29, 0.717) is 16.3 Å². The van der Waals surface area contributed by atoms with Crippen LogP contribution in [-0.4, -0.2) is 30.6 Å². The average Bonchev–Trinajstić information content (AvgIpc) is 3.56. The number of rotatable bonds is 7. The van der Waals surface area contributed by atoms with Gasteiger partial charge in [-0.05, 0) is 24.6 Å². The third kappa shape index (κ3) is 4.33. The summed E-state index contributed by atoms with van der Waals surface area (Å²) in [6.07, 6.45) is 9.97. The molecule has 9 nitrogen and oxygen atoms in total. The number of benzene rings is 1. The van der Waals surface area contributed by atoms with E-state index in [1.165, 1.54) is 12.3 Å². The maximum Gasteiger partial charge on any atom is 0.290 e. The smallest absolute Gasteiger partial charge is 0.290 e. The molecule has 0 aliphatic rings. The van der Waals surface area contributed by atoms with Gasteiger partial charge in [0.15, 0.2) is 0 Å². The molecule has 0 bridgehead atoms. The summed E-state index contributed by atoms with van der Waals surface area (Å²) >= 11 is 6.44. The first-order valence-electron chi connectivity index (χ1n) is 10.4. The second-order valence-corrected chi connectivity index (χ2v) is 7.92. The number of halogens is 1. The number of nitrogens with zero attached hydrogens (tertiary/aromatic N) is 5. The Morgan fingerprint density at radius 1 is 1.21 bits per heavy atom. The summed E-state index contributed by atoms with van der Waals surface area (Å²) in [5.74, 6) is 0.357. The topological polar surface area (TPSA) is 108 Å². The fourth-order valence-corrected chi connectivity index (χ4v) is 3.85. The first-order chi connectivity index (χ1) is 16.6. The number of nitrogens with one attached hydrogen (secondary N) is 1. The Morgan fingerprint density at radius 3 is 2.91 bits per heavy atom. The van der Waals surface area contributed by atoms with Gasteiger partial charge in [0.1, 0.15) is 17.9 Å². The second kappa shape index (κ2) is 9.32. The number of fused-ring (bicyclic) bond motifs is 1. The fourth-order valence-electron chi connectivity index (χ4n) is 3.62. The largest absolute Gasteiger partial charge is 0.487 e. The summed E-state index contributed by atoms with van der Waals surface area (Å²) in [5.41, 5.74) is 3.99. The summed E-state index contributed by atoms with van der Waals surface area (Å²) in [6, 6.07) is 9.27. The van der Waals surface area contributed by atoms with Crippen molar-refractivity contribution in [3.63, 3.8) is 0 Å². The van der Waals surface area contributed by atoms with Crippen LogP contribution < -0.4 is 10.1 Å². The molecule has 1 amide bonds. The Kier molecular flexibility index (Phi) is 5.92. The molecule has 0 saturated carbocycles. The highest BCUT2D eigenvalue weighted by atomic mass is 35.5. The van der Waals surface area contributed by atoms with Gasteiger partial charge in [-0.25, -0.2) is 9.97 Å². The molecule has 0 unspecified atom stereocenters. The van der Waals surface area contributed by atoms with E-state index in [9.17, 15) is 4.79 Å². The van der Waals surface area contributed by atoms with Crippen LogP contribution in [-0.2, 0) is 13.2 Å². The van der Waals surface area contributed by atoms with E-state index in [4.69, 9.17) is 25.8 Å². The quantitative estimate of drug-likeness (QED) is 0.375. The highest BCUT2D eigenvalue weighted by Gasteiger charge is 2.15. The van der Waals surface area contributed by atoms with Crippen molar-refractivity contribution >= 4 is 28.4 Å². The molecule has 4 aromatic heterocycles. The van der Waals surface area contributed by atoms with Crippen LogP contribution in [0, 0.1) is 6.92 Å². The number of carbonyl (C=O) groups is 1. The van der Waals surface area contributed by atoms with Gasteiger partial charge in [0.25, 0.3) is 5.91 Å². The molecule has 1 N–H and O–H groups in total. The molecule has 10 heteroatoms. The molecule has 0 atom stereocenters. The lowest BCUT2D eigenvalue weighted by Gasteiger charge is -2.15. The van der Waals surface area contributed by atoms with E-state index >= 15 is 0 Å². The molecule has 0 aliphatic heterocycles. The summed E-state index contributed by atoms with van der Waals surface area (Å²) < 4.78 is 13.0. The molecule has 4 heterocycles. The van der Waals surface area contributed by atoms with Crippen molar-refractivity contribution in [2.45, 2.75) is 20.1 Å². The number of para-hydroxylation sites is 1. The van der Waals surface area contributed by atoms with Crippen LogP contribution in [0.5, 0.6) is 5.75 Å². The summed E-state index contributed by atoms with van der Waals surface area (Å²) in [7, 11) is 0. The van der Waals surface area contributed by atoms with Crippen molar-refractivity contribution in [3.05, 3.63) is 95.2 Å². The lowest BCUT2D eigenvalue weighted by Crippen LogP contribution is -2.23. The number of aromatic nitrogens is 5. The normalized spacial score (nSPS) is 11.0. The highest BCUT2D eigenvalue weighted by Crippen LogP contribution is 2.30. The monoisotopic (exact) mass is 474 g/mol. The summed E-state index contributed by atoms with van der Waals surface area (Å²) in [6.45, 7) is 2.30. The second-order valence-electron chi connectivity index (χ2n) is 7.51. The van der Waals surface area contributed by atoms with Crippen molar-refractivity contribution < 1.29 is 14.1 Å². The van der Waals surface area contributed by atoms with Crippen LogP contribution in [0.3, 0.4) is 0 Å². The van der Waals surface area contributed by atoms with Gasteiger partial charge in [-0.3, -0.25) is 9.78 Å². The predicted molar refractivity (Wildman–Crippen MR) is 125 cm³/mol. The van der Waals surface area contributed by atoms with Crippen molar-refractivity contribution in [1.82, 2.24) is 30.0 Å². The highest BCUT2D eigenvalue weighted by molar-refractivity contribution is 6.31. The van der Waals surface area contributed by atoms with Gasteiger partial charge < -0.3 is 19.1 Å². The minimum Gasteiger partial charge on any atom is -0.487 e. The minimum absolute atomic E-state index is 0.124. The number of imidazole rings is 1. The molecule has 170 valence electrons. The van der Waals surface area contributed by atoms with Crippen LogP contribution in [0.4, 0.5) is 0 Å². The number of aryl methyl sites for hydroxylation is 1. The van der Waals surface area contributed by atoms with Gasteiger partial charge in [0.05, 0.1) is 23.2 Å². The fraction of sp³-hybridized carbons (Fsp3) is 0.125. The number of ether oxygens (including phenoxy) is 1. The number of carbonyl (C=O) groups excluding carboxylic acids is 1. The Bertz CT molecular complexity index is 1450. The van der Waals surface area contributed by atoms with E-state index in [0.717, 1.165) is 27.8 Å². The Labute approximate surface area is 199 Å². The third-order valence-corrected chi connectivity index (χ3v) is 5.58. The van der Waals surface area contributed by atoms with Gasteiger partial charge in [-0.1, -0.05) is 28.9 Å². The summed E-state index contributed by atoms with van der Waals surface area (Å²) in [4.78, 5) is 25.2. The van der Waals surface area contributed by atoms with Crippen molar-refractivity contribution in [2.24, 2.45) is 0 Å². The lowest BCUT2D eigenvalue weighted by atomic mass is 10.1. The third-order valence-electron chi connectivity index (χ3n) is 5.26. The Balaban J connectivity index is 1.41. The molecular formula is C24H19ClN6O3. The average molecular weight is 475 g/mol. The van der Waals surface area contributed by atoms with Crippen molar-refractivity contribution in [3.8, 4) is 11.4 Å². The zero-order chi connectivity index (χ0) is 23.5. The van der Waals surface area contributed by atoms with Crippen LogP contribution in [0.15, 0.2) is 72.2 Å². The molecule has 0 radical (unpaired) electrons. The van der Waals surface area contributed by atoms with Gasteiger partial charge in [0.2, 0.25) is 5.76 Å². The molecule has 0 spiro atoms. The minimum atomic E-state index is -0.384. The van der Waals surface area contributed by atoms with E-state index < -0.39 is 0 Å². The Hall–Kier alpha value is -4.24. The molecule has 0 fully saturated rings. The maximum atomic E-state index is 12.2. The molecule has 34 heavy (non-hydrogen) atoms. The summed E-state index contributed by atoms with van der Waals surface area (Å²) in [5, 5.41) is 7.70. The van der Waals surface area contributed by atoms with Crippen LogP contribution in [0.1, 0.15) is 27.4 Å². The SMILES string of the molecule is Cc1cc(-n2ccnc2)c2cccc(OCc3c(Cl)cncc3CNC(=O)c3ccno3)c2n1. The van der Waals surface area contributed by atoms with Gasteiger partial charge >= 0.3 is 0 Å². The van der Waals surface area contributed by atoms with Gasteiger partial charge in [-0.2, -0.15) is 0 Å². The first-order valence-corrected chi connectivity index (χ1v) is 10.8. The van der Waals surface area contributed by atoms with Crippen molar-refractivity contribution in [1.29, 1.82) is 0 Å². The van der Waals surface area contributed by atoms with Crippen molar-refractivity contribution in [2.75, 3.05) is 0 Å². The Morgan fingerprint density at radius 2 is 2.12 bits per heavy atom. The predicted octanol–water partition coefficient (Wildman–Crippen LogP) is 4.27. The zero-order valence-electron chi connectivity index (χ0n) is 18.1. The van der Waals surface area contributed by atoms with Gasteiger partial charge in [0, 0.05) is 54.0 Å². The maximum absolute atomic E-state index is 12.2.